The zero-order valence-corrected chi connectivity index (χ0v) is 15.3. The quantitative estimate of drug-likeness (QED) is 0.558. The summed E-state index contributed by atoms with van der Waals surface area (Å²) in [6.07, 6.45) is 2.87. The van der Waals surface area contributed by atoms with Gasteiger partial charge in [-0.05, 0) is 36.8 Å². The van der Waals surface area contributed by atoms with Gasteiger partial charge >= 0.3 is 6.03 Å². The molecule has 0 radical (unpaired) electrons. The second kappa shape index (κ2) is 6.73. The highest BCUT2D eigenvalue weighted by molar-refractivity contribution is 6.07. The Balaban J connectivity index is 1.62. The number of rotatable bonds is 4. The SMILES string of the molecule is COc1cccc([C@@]2(C)NC(=O)N(/N=C\c3cnc4ccccc4n3)C2=O)c1. The van der Waals surface area contributed by atoms with E-state index in [1.807, 2.05) is 24.3 Å². The molecular weight excluding hydrogens is 358 g/mol. The number of urea groups is 1. The molecule has 8 nitrogen and oxygen atoms in total. The Hall–Kier alpha value is -3.81. The van der Waals surface area contributed by atoms with Crippen LogP contribution >= 0.6 is 0 Å². The Morgan fingerprint density at radius 1 is 1.14 bits per heavy atom. The zero-order valence-electron chi connectivity index (χ0n) is 15.3. The van der Waals surface area contributed by atoms with Gasteiger partial charge in [0.1, 0.15) is 17.0 Å². The lowest BCUT2D eigenvalue weighted by Crippen LogP contribution is -2.40. The Kier molecular flexibility index (Phi) is 4.23. The van der Waals surface area contributed by atoms with E-state index in [4.69, 9.17) is 4.74 Å². The average Bonchev–Trinajstić information content (AvgIpc) is 2.95. The summed E-state index contributed by atoms with van der Waals surface area (Å²) < 4.78 is 5.21. The van der Waals surface area contributed by atoms with Crippen LogP contribution in [0.25, 0.3) is 11.0 Å². The normalized spacial score (nSPS) is 19.4. The summed E-state index contributed by atoms with van der Waals surface area (Å²) in [6, 6.07) is 13.8. The highest BCUT2D eigenvalue weighted by atomic mass is 16.5. The molecule has 0 unspecified atom stereocenters. The van der Waals surface area contributed by atoms with Gasteiger partial charge in [-0.15, -0.1) is 5.01 Å². The number of fused-ring (bicyclic) bond motifs is 1. The van der Waals surface area contributed by atoms with E-state index in [1.54, 1.807) is 31.2 Å². The van der Waals surface area contributed by atoms with E-state index in [1.165, 1.54) is 19.5 Å². The van der Waals surface area contributed by atoms with E-state index < -0.39 is 17.5 Å². The molecule has 1 aromatic heterocycles. The molecule has 0 bridgehead atoms. The fraction of sp³-hybridized carbons (Fsp3) is 0.150. The van der Waals surface area contributed by atoms with Gasteiger partial charge in [0.05, 0.1) is 30.6 Å². The number of hydrogen-bond donors (Lipinski definition) is 1. The second-order valence-corrected chi connectivity index (χ2v) is 6.43. The number of imide groups is 1. The number of aromatic nitrogens is 2. The van der Waals surface area contributed by atoms with Gasteiger partial charge in [0.25, 0.3) is 5.91 Å². The lowest BCUT2D eigenvalue weighted by atomic mass is 9.92. The van der Waals surface area contributed by atoms with Gasteiger partial charge in [0.2, 0.25) is 0 Å². The number of carbonyl (C=O) groups excluding carboxylic acids is 2. The molecule has 1 aliphatic rings. The third-order valence-electron chi connectivity index (χ3n) is 4.59. The van der Waals surface area contributed by atoms with Crippen LogP contribution in [0.1, 0.15) is 18.2 Å². The van der Waals surface area contributed by atoms with Gasteiger partial charge in [-0.3, -0.25) is 9.78 Å². The van der Waals surface area contributed by atoms with Gasteiger partial charge in [-0.2, -0.15) is 5.10 Å². The fourth-order valence-electron chi connectivity index (χ4n) is 3.01. The van der Waals surface area contributed by atoms with Crippen LogP contribution in [0.15, 0.2) is 59.8 Å². The predicted molar refractivity (Wildman–Crippen MR) is 103 cm³/mol. The van der Waals surface area contributed by atoms with Crippen LogP contribution in [0.3, 0.4) is 0 Å². The number of nitrogens with one attached hydrogen (secondary N) is 1. The van der Waals surface area contributed by atoms with Crippen LogP contribution in [-0.4, -0.2) is 40.2 Å². The third kappa shape index (κ3) is 2.94. The van der Waals surface area contributed by atoms with Crippen LogP contribution in [0, 0.1) is 0 Å². The van der Waals surface area contributed by atoms with Crippen LogP contribution < -0.4 is 10.1 Å². The first-order valence-electron chi connectivity index (χ1n) is 8.58. The van der Waals surface area contributed by atoms with Crippen LogP contribution in [0.4, 0.5) is 4.79 Å². The van der Waals surface area contributed by atoms with Crippen molar-refractivity contribution in [3.8, 4) is 5.75 Å². The molecule has 1 aliphatic heterocycles. The number of nitrogens with zero attached hydrogens (tertiary/aromatic N) is 4. The summed E-state index contributed by atoms with van der Waals surface area (Å²) in [4.78, 5) is 34.0. The fourth-order valence-corrected chi connectivity index (χ4v) is 3.01. The van der Waals surface area contributed by atoms with Gasteiger partial charge in [0.15, 0.2) is 0 Å². The minimum atomic E-state index is -1.24. The number of methoxy groups -OCH3 is 1. The molecule has 1 atom stereocenters. The van der Waals surface area contributed by atoms with E-state index in [2.05, 4.69) is 20.4 Å². The summed E-state index contributed by atoms with van der Waals surface area (Å²) in [6.45, 7) is 1.63. The highest BCUT2D eigenvalue weighted by Crippen LogP contribution is 2.31. The molecule has 0 aliphatic carbocycles. The molecule has 0 spiro atoms. The van der Waals surface area contributed by atoms with Crippen molar-refractivity contribution < 1.29 is 14.3 Å². The standard InChI is InChI=1S/C20H17N5O3/c1-20(13-6-5-7-15(10-13)28-2)18(26)25(19(27)24-20)22-12-14-11-21-16-8-3-4-9-17(16)23-14/h3-12H,1-2H3,(H,24,27)/b22-12-/t20-/m1/s1. The summed E-state index contributed by atoms with van der Waals surface area (Å²) in [5.74, 6) is 0.102. The molecular formula is C20H17N5O3. The number of ether oxygens (including phenoxy) is 1. The van der Waals surface area contributed by atoms with E-state index in [9.17, 15) is 9.59 Å². The van der Waals surface area contributed by atoms with Gasteiger partial charge < -0.3 is 10.1 Å². The van der Waals surface area contributed by atoms with E-state index in [0.717, 1.165) is 10.5 Å². The third-order valence-corrected chi connectivity index (χ3v) is 4.59. The molecule has 1 saturated heterocycles. The number of hydrogen-bond acceptors (Lipinski definition) is 6. The summed E-state index contributed by atoms with van der Waals surface area (Å²) in [7, 11) is 1.54. The Morgan fingerprint density at radius 3 is 2.71 bits per heavy atom. The second-order valence-electron chi connectivity index (χ2n) is 6.43. The van der Waals surface area contributed by atoms with Crippen LogP contribution in [0.2, 0.25) is 0 Å². The minimum absolute atomic E-state index is 0.439. The molecule has 4 rings (SSSR count). The molecule has 0 saturated carbocycles. The van der Waals surface area contributed by atoms with Crippen molar-refractivity contribution in [3.63, 3.8) is 0 Å². The number of amides is 3. The number of para-hydroxylation sites is 2. The summed E-state index contributed by atoms with van der Waals surface area (Å²) >= 11 is 0. The molecule has 8 heteroatoms. The van der Waals surface area contributed by atoms with Crippen molar-refractivity contribution in [1.29, 1.82) is 0 Å². The van der Waals surface area contributed by atoms with Crippen molar-refractivity contribution in [1.82, 2.24) is 20.3 Å². The van der Waals surface area contributed by atoms with Gasteiger partial charge in [0, 0.05) is 0 Å². The molecule has 1 fully saturated rings. The van der Waals surface area contributed by atoms with E-state index >= 15 is 0 Å². The van der Waals surface area contributed by atoms with Crippen molar-refractivity contribution in [3.05, 3.63) is 66.0 Å². The largest absolute Gasteiger partial charge is 0.497 e. The first-order valence-corrected chi connectivity index (χ1v) is 8.58. The maximum atomic E-state index is 12.9. The smallest absolute Gasteiger partial charge is 0.346 e. The van der Waals surface area contributed by atoms with Gasteiger partial charge in [-0.1, -0.05) is 24.3 Å². The first-order chi connectivity index (χ1) is 13.5. The number of benzene rings is 2. The molecule has 2 aromatic carbocycles. The topological polar surface area (TPSA) is 96.8 Å². The Labute approximate surface area is 160 Å². The average molecular weight is 375 g/mol. The lowest BCUT2D eigenvalue weighted by molar-refractivity contribution is -0.131. The minimum Gasteiger partial charge on any atom is -0.497 e. The van der Waals surface area contributed by atoms with Crippen molar-refractivity contribution in [2.24, 2.45) is 5.10 Å². The summed E-state index contributed by atoms with van der Waals surface area (Å²) in [5, 5.41) is 7.54. The monoisotopic (exact) mass is 375 g/mol. The Morgan fingerprint density at radius 2 is 1.93 bits per heavy atom. The molecule has 28 heavy (non-hydrogen) atoms. The molecule has 2 heterocycles. The van der Waals surface area contributed by atoms with Gasteiger partial charge in [-0.25, -0.2) is 9.78 Å². The van der Waals surface area contributed by atoms with Crippen LogP contribution in [0.5, 0.6) is 5.75 Å². The molecule has 3 aromatic rings. The first kappa shape index (κ1) is 17.6. The van der Waals surface area contributed by atoms with Crippen LogP contribution in [-0.2, 0) is 10.3 Å². The van der Waals surface area contributed by atoms with Crippen molar-refractivity contribution in [2.75, 3.05) is 7.11 Å². The van der Waals surface area contributed by atoms with E-state index in [0.29, 0.717) is 22.5 Å². The lowest BCUT2D eigenvalue weighted by Gasteiger charge is -2.21. The van der Waals surface area contributed by atoms with E-state index in [-0.39, 0.29) is 0 Å². The number of hydrazone groups is 1. The summed E-state index contributed by atoms with van der Waals surface area (Å²) in [5.41, 5.74) is 1.26. The molecule has 1 N–H and O–H groups in total. The van der Waals surface area contributed by atoms with Crippen molar-refractivity contribution in [2.45, 2.75) is 12.5 Å². The Bertz CT molecular complexity index is 1110. The zero-order chi connectivity index (χ0) is 19.7. The number of carbonyl (C=O) groups is 2. The maximum absolute atomic E-state index is 12.9. The maximum Gasteiger partial charge on any atom is 0.346 e. The molecule has 140 valence electrons. The highest BCUT2D eigenvalue weighted by Gasteiger charge is 2.49. The molecule has 3 amide bonds. The predicted octanol–water partition coefficient (Wildman–Crippen LogP) is 2.44. The van der Waals surface area contributed by atoms with Crippen molar-refractivity contribution >= 4 is 29.2 Å².